The van der Waals surface area contributed by atoms with Crippen LogP contribution in [-0.2, 0) is 4.79 Å². The Balaban J connectivity index is 2.05. The van der Waals surface area contributed by atoms with Crippen molar-refractivity contribution in [2.75, 3.05) is 0 Å². The maximum absolute atomic E-state index is 10.7. The summed E-state index contributed by atoms with van der Waals surface area (Å²) in [6.07, 6.45) is -0.910. The lowest BCUT2D eigenvalue weighted by molar-refractivity contribution is -0.144. The van der Waals surface area contributed by atoms with Gasteiger partial charge in [0.25, 0.3) is 0 Å². The van der Waals surface area contributed by atoms with Crippen LogP contribution in [0.3, 0.4) is 0 Å². The Bertz CT molecular complexity index is 641. The van der Waals surface area contributed by atoms with E-state index in [2.05, 4.69) is 0 Å². The summed E-state index contributed by atoms with van der Waals surface area (Å²) in [4.78, 5) is 10.7. The lowest BCUT2D eigenvalue weighted by Gasteiger charge is -2.11. The third kappa shape index (κ3) is 4.28. The van der Waals surface area contributed by atoms with Crippen molar-refractivity contribution in [3.63, 3.8) is 0 Å². The number of rotatable bonds is 5. The molecule has 0 heterocycles. The van der Waals surface area contributed by atoms with E-state index in [0.717, 1.165) is 0 Å². The second-order valence-corrected chi connectivity index (χ2v) is 5.06. The van der Waals surface area contributed by atoms with Gasteiger partial charge in [-0.25, -0.2) is 4.79 Å². The minimum atomic E-state index is -1.02. The highest BCUT2D eigenvalue weighted by molar-refractivity contribution is 6.42. The summed E-state index contributed by atoms with van der Waals surface area (Å²) in [5.74, 6) is 0.554. The molecule has 2 aromatic carbocycles. The number of carbonyl (C=O) groups is 1. The second kappa shape index (κ2) is 6.70. The van der Waals surface area contributed by atoms with Crippen LogP contribution in [0.1, 0.15) is 6.92 Å². The van der Waals surface area contributed by atoms with Crippen molar-refractivity contribution in [1.82, 2.24) is 0 Å². The molecule has 2 aromatic rings. The fourth-order valence-corrected chi connectivity index (χ4v) is 1.81. The van der Waals surface area contributed by atoms with Crippen LogP contribution in [0.25, 0.3) is 0 Å². The van der Waals surface area contributed by atoms with Gasteiger partial charge in [-0.15, -0.1) is 0 Å². The predicted octanol–water partition coefficient (Wildman–Crippen LogP) is 4.64. The normalized spacial score (nSPS) is 11.8. The van der Waals surface area contributed by atoms with Crippen molar-refractivity contribution in [3.05, 3.63) is 52.5 Å². The molecule has 1 atom stereocenters. The Morgan fingerprint density at radius 2 is 1.57 bits per heavy atom. The Kier molecular flexibility index (Phi) is 4.94. The molecule has 0 saturated heterocycles. The van der Waals surface area contributed by atoms with Crippen LogP contribution in [0.15, 0.2) is 42.5 Å². The van der Waals surface area contributed by atoms with E-state index < -0.39 is 12.1 Å². The fourth-order valence-electron chi connectivity index (χ4n) is 1.52. The van der Waals surface area contributed by atoms with Gasteiger partial charge >= 0.3 is 5.97 Å². The first-order valence-electron chi connectivity index (χ1n) is 6.08. The number of hydrogen-bond donors (Lipinski definition) is 1. The molecule has 0 aliphatic heterocycles. The number of benzene rings is 2. The van der Waals surface area contributed by atoms with Gasteiger partial charge in [-0.2, -0.15) is 0 Å². The SMILES string of the molecule is CC(Oc1ccc(Oc2ccc(Cl)c(Cl)c2)cc1)C(=O)O. The number of aliphatic carboxylic acids is 1. The summed E-state index contributed by atoms with van der Waals surface area (Å²) < 4.78 is 10.8. The zero-order valence-electron chi connectivity index (χ0n) is 11.0. The summed E-state index contributed by atoms with van der Waals surface area (Å²) >= 11 is 11.7. The molecule has 0 saturated carbocycles. The maximum Gasteiger partial charge on any atom is 0.344 e. The number of ether oxygens (including phenoxy) is 2. The van der Waals surface area contributed by atoms with Crippen molar-refractivity contribution >= 4 is 29.2 Å². The summed E-state index contributed by atoms with van der Waals surface area (Å²) in [6.45, 7) is 1.46. The Labute approximate surface area is 131 Å². The zero-order chi connectivity index (χ0) is 15.4. The monoisotopic (exact) mass is 326 g/mol. The van der Waals surface area contributed by atoms with Crippen molar-refractivity contribution < 1.29 is 19.4 Å². The van der Waals surface area contributed by atoms with Gasteiger partial charge in [-0.3, -0.25) is 0 Å². The lowest BCUT2D eigenvalue weighted by Crippen LogP contribution is -2.22. The smallest absolute Gasteiger partial charge is 0.344 e. The molecule has 2 rings (SSSR count). The predicted molar refractivity (Wildman–Crippen MR) is 80.7 cm³/mol. The van der Waals surface area contributed by atoms with E-state index in [0.29, 0.717) is 27.3 Å². The molecule has 110 valence electrons. The number of hydrogen-bond acceptors (Lipinski definition) is 3. The molecular formula is C15H12Cl2O4. The van der Waals surface area contributed by atoms with Crippen molar-refractivity contribution in [2.24, 2.45) is 0 Å². The van der Waals surface area contributed by atoms with E-state index in [1.165, 1.54) is 6.92 Å². The number of carboxylic acid groups (broad SMARTS) is 1. The van der Waals surface area contributed by atoms with E-state index in [4.69, 9.17) is 37.8 Å². The molecule has 21 heavy (non-hydrogen) atoms. The van der Waals surface area contributed by atoms with Crippen LogP contribution >= 0.6 is 23.2 Å². The number of halogens is 2. The molecular weight excluding hydrogens is 315 g/mol. The van der Waals surface area contributed by atoms with Gasteiger partial charge in [0.1, 0.15) is 17.2 Å². The van der Waals surface area contributed by atoms with Crippen LogP contribution in [0.4, 0.5) is 0 Å². The van der Waals surface area contributed by atoms with Gasteiger partial charge < -0.3 is 14.6 Å². The molecule has 6 heteroatoms. The first kappa shape index (κ1) is 15.5. The third-order valence-electron chi connectivity index (χ3n) is 2.61. The van der Waals surface area contributed by atoms with Gasteiger partial charge in [0.2, 0.25) is 0 Å². The maximum atomic E-state index is 10.7. The van der Waals surface area contributed by atoms with Crippen molar-refractivity contribution in [1.29, 1.82) is 0 Å². The third-order valence-corrected chi connectivity index (χ3v) is 3.35. The summed E-state index contributed by atoms with van der Waals surface area (Å²) in [5, 5.41) is 9.63. The van der Waals surface area contributed by atoms with Crippen LogP contribution in [0.2, 0.25) is 10.0 Å². The summed E-state index contributed by atoms with van der Waals surface area (Å²) in [7, 11) is 0. The summed E-state index contributed by atoms with van der Waals surface area (Å²) in [6, 6.07) is 11.6. The van der Waals surface area contributed by atoms with E-state index in [1.807, 2.05) is 0 Å². The van der Waals surface area contributed by atoms with Crippen molar-refractivity contribution in [3.8, 4) is 17.2 Å². The topological polar surface area (TPSA) is 55.8 Å². The van der Waals surface area contributed by atoms with Gasteiger partial charge in [-0.1, -0.05) is 23.2 Å². The van der Waals surface area contributed by atoms with Crippen LogP contribution in [-0.4, -0.2) is 17.2 Å². The molecule has 4 nitrogen and oxygen atoms in total. The highest BCUT2D eigenvalue weighted by Gasteiger charge is 2.12. The Morgan fingerprint density at radius 1 is 1.00 bits per heavy atom. The summed E-state index contributed by atoms with van der Waals surface area (Å²) in [5.41, 5.74) is 0. The van der Waals surface area contributed by atoms with Crippen molar-refractivity contribution in [2.45, 2.75) is 13.0 Å². The standard InChI is InChI=1S/C15H12Cl2O4/c1-9(15(18)19)20-10-2-4-11(5-3-10)21-12-6-7-13(16)14(17)8-12/h2-9H,1H3,(H,18,19). The Hall–Kier alpha value is -1.91. The number of carboxylic acids is 1. The Morgan fingerprint density at radius 3 is 2.14 bits per heavy atom. The minimum Gasteiger partial charge on any atom is -0.479 e. The van der Waals surface area contributed by atoms with E-state index in [1.54, 1.807) is 42.5 Å². The van der Waals surface area contributed by atoms with Crippen LogP contribution in [0, 0.1) is 0 Å². The van der Waals surface area contributed by atoms with Gasteiger partial charge in [0.05, 0.1) is 10.0 Å². The molecule has 0 fully saturated rings. The zero-order valence-corrected chi connectivity index (χ0v) is 12.6. The van der Waals surface area contributed by atoms with Gasteiger partial charge in [-0.05, 0) is 43.3 Å². The van der Waals surface area contributed by atoms with Crippen LogP contribution < -0.4 is 9.47 Å². The van der Waals surface area contributed by atoms with Gasteiger partial charge in [0, 0.05) is 6.07 Å². The molecule has 0 aliphatic rings. The largest absolute Gasteiger partial charge is 0.479 e. The molecule has 0 spiro atoms. The quantitative estimate of drug-likeness (QED) is 0.869. The highest BCUT2D eigenvalue weighted by atomic mass is 35.5. The van der Waals surface area contributed by atoms with E-state index >= 15 is 0 Å². The molecule has 0 bridgehead atoms. The molecule has 0 aliphatic carbocycles. The average molecular weight is 327 g/mol. The molecule has 0 radical (unpaired) electrons. The lowest BCUT2D eigenvalue weighted by atomic mass is 10.3. The van der Waals surface area contributed by atoms with Crippen LogP contribution in [0.5, 0.6) is 17.2 Å². The molecule has 0 aromatic heterocycles. The average Bonchev–Trinajstić information content (AvgIpc) is 2.45. The first-order valence-corrected chi connectivity index (χ1v) is 6.84. The second-order valence-electron chi connectivity index (χ2n) is 4.25. The molecule has 1 unspecified atom stereocenters. The fraction of sp³-hybridized carbons (Fsp3) is 0.133. The highest BCUT2D eigenvalue weighted by Crippen LogP contribution is 2.30. The van der Waals surface area contributed by atoms with Gasteiger partial charge in [0.15, 0.2) is 6.10 Å². The van der Waals surface area contributed by atoms with E-state index in [-0.39, 0.29) is 0 Å². The minimum absolute atomic E-state index is 0.407. The molecule has 1 N–H and O–H groups in total. The first-order chi connectivity index (χ1) is 9.95. The molecule has 0 amide bonds. The van der Waals surface area contributed by atoms with E-state index in [9.17, 15) is 4.79 Å².